The molecule has 6 heteroatoms. The minimum absolute atomic E-state index is 0.134. The van der Waals surface area contributed by atoms with Gasteiger partial charge in [-0.3, -0.25) is 10.1 Å². The van der Waals surface area contributed by atoms with Gasteiger partial charge in [0.2, 0.25) is 5.91 Å². The number of anilines is 3. The van der Waals surface area contributed by atoms with Gasteiger partial charge in [0.1, 0.15) is 6.04 Å². The van der Waals surface area contributed by atoms with Gasteiger partial charge in [-0.05, 0) is 49.6 Å². The van der Waals surface area contributed by atoms with Gasteiger partial charge in [0.05, 0.1) is 6.61 Å². The highest BCUT2D eigenvalue weighted by Crippen LogP contribution is 2.23. The van der Waals surface area contributed by atoms with Crippen molar-refractivity contribution in [3.63, 3.8) is 0 Å². The number of amides is 2. The van der Waals surface area contributed by atoms with E-state index in [0.29, 0.717) is 12.3 Å². The highest BCUT2D eigenvalue weighted by molar-refractivity contribution is 6.04. The number of carbonyl (C=O) groups excluding carboxylic acids is 2. The maximum absolute atomic E-state index is 12.6. The third-order valence-electron chi connectivity index (χ3n) is 4.23. The van der Waals surface area contributed by atoms with Crippen LogP contribution in [-0.4, -0.2) is 24.6 Å². The first-order valence-electron chi connectivity index (χ1n) is 9.16. The zero-order chi connectivity index (χ0) is 19.9. The van der Waals surface area contributed by atoms with Crippen molar-refractivity contribution >= 4 is 39.8 Å². The van der Waals surface area contributed by atoms with Crippen LogP contribution in [0.2, 0.25) is 0 Å². The predicted octanol–water partition coefficient (Wildman–Crippen LogP) is 4.85. The first kappa shape index (κ1) is 19.2. The summed E-state index contributed by atoms with van der Waals surface area (Å²) >= 11 is 0. The highest BCUT2D eigenvalue weighted by Gasteiger charge is 2.14. The normalized spacial score (nSPS) is 11.5. The van der Waals surface area contributed by atoms with Crippen molar-refractivity contribution < 1.29 is 14.3 Å². The molecule has 0 radical (unpaired) electrons. The maximum Gasteiger partial charge on any atom is 0.411 e. The van der Waals surface area contributed by atoms with E-state index >= 15 is 0 Å². The molecule has 3 aromatic carbocycles. The molecule has 28 heavy (non-hydrogen) atoms. The largest absolute Gasteiger partial charge is 0.450 e. The Bertz CT molecular complexity index is 965. The SMILES string of the molecule is CCOC(=O)Nc1ccc(NC(C)C(=O)Nc2cccc3ccccc23)cc1. The number of fused-ring (bicyclic) bond motifs is 1. The molecule has 0 spiro atoms. The topological polar surface area (TPSA) is 79.5 Å². The van der Waals surface area contributed by atoms with Crippen LogP contribution in [0.4, 0.5) is 21.9 Å². The fourth-order valence-corrected chi connectivity index (χ4v) is 2.83. The summed E-state index contributed by atoms with van der Waals surface area (Å²) in [4.78, 5) is 24.0. The van der Waals surface area contributed by atoms with Crippen molar-refractivity contribution in [2.45, 2.75) is 19.9 Å². The van der Waals surface area contributed by atoms with Crippen LogP contribution in [0.25, 0.3) is 10.8 Å². The van der Waals surface area contributed by atoms with Gasteiger partial charge in [-0.2, -0.15) is 0 Å². The van der Waals surface area contributed by atoms with Crippen LogP contribution in [0.1, 0.15) is 13.8 Å². The number of benzene rings is 3. The molecule has 0 aliphatic carbocycles. The summed E-state index contributed by atoms with van der Waals surface area (Å²) in [5.41, 5.74) is 2.18. The molecule has 0 aliphatic rings. The first-order chi connectivity index (χ1) is 13.6. The third-order valence-corrected chi connectivity index (χ3v) is 4.23. The Morgan fingerprint density at radius 1 is 0.893 bits per heavy atom. The van der Waals surface area contributed by atoms with E-state index in [0.717, 1.165) is 22.1 Å². The van der Waals surface area contributed by atoms with Crippen LogP contribution in [0.3, 0.4) is 0 Å². The average molecular weight is 377 g/mol. The molecule has 0 saturated heterocycles. The van der Waals surface area contributed by atoms with Crippen LogP contribution in [0.15, 0.2) is 66.7 Å². The molecule has 2 amide bonds. The van der Waals surface area contributed by atoms with E-state index in [1.54, 1.807) is 38.1 Å². The molecule has 1 atom stereocenters. The molecule has 144 valence electrons. The van der Waals surface area contributed by atoms with E-state index in [1.807, 2.05) is 42.5 Å². The Morgan fingerprint density at radius 3 is 2.32 bits per heavy atom. The lowest BCUT2D eigenvalue weighted by atomic mass is 10.1. The van der Waals surface area contributed by atoms with Gasteiger partial charge in [0, 0.05) is 22.4 Å². The van der Waals surface area contributed by atoms with E-state index in [2.05, 4.69) is 16.0 Å². The molecule has 1 unspecified atom stereocenters. The van der Waals surface area contributed by atoms with Crippen molar-refractivity contribution in [3.8, 4) is 0 Å². The molecule has 6 nitrogen and oxygen atoms in total. The van der Waals surface area contributed by atoms with Crippen molar-refractivity contribution in [2.75, 3.05) is 22.6 Å². The molecular weight excluding hydrogens is 354 g/mol. The average Bonchev–Trinajstić information content (AvgIpc) is 2.70. The monoisotopic (exact) mass is 377 g/mol. The Labute approximate surface area is 163 Å². The third kappa shape index (κ3) is 4.79. The van der Waals surface area contributed by atoms with Crippen LogP contribution in [-0.2, 0) is 9.53 Å². The van der Waals surface area contributed by atoms with Crippen LogP contribution in [0.5, 0.6) is 0 Å². The van der Waals surface area contributed by atoms with Gasteiger partial charge in [-0.25, -0.2) is 4.79 Å². The lowest BCUT2D eigenvalue weighted by molar-refractivity contribution is -0.116. The molecule has 3 rings (SSSR count). The van der Waals surface area contributed by atoms with Crippen LogP contribution in [0, 0.1) is 0 Å². The molecule has 0 bridgehead atoms. The minimum atomic E-state index is -0.494. The van der Waals surface area contributed by atoms with E-state index < -0.39 is 12.1 Å². The van der Waals surface area contributed by atoms with Gasteiger partial charge < -0.3 is 15.4 Å². The molecular formula is C22H23N3O3. The summed E-state index contributed by atoms with van der Waals surface area (Å²) in [7, 11) is 0. The number of carbonyl (C=O) groups is 2. The van der Waals surface area contributed by atoms with Crippen molar-refractivity contribution in [2.24, 2.45) is 0 Å². The van der Waals surface area contributed by atoms with E-state index in [9.17, 15) is 9.59 Å². The van der Waals surface area contributed by atoms with Crippen LogP contribution < -0.4 is 16.0 Å². The van der Waals surface area contributed by atoms with Crippen molar-refractivity contribution in [3.05, 3.63) is 66.7 Å². The van der Waals surface area contributed by atoms with Gasteiger partial charge in [-0.15, -0.1) is 0 Å². The van der Waals surface area contributed by atoms with E-state index in [4.69, 9.17) is 4.74 Å². The van der Waals surface area contributed by atoms with Crippen molar-refractivity contribution in [1.82, 2.24) is 0 Å². The molecule has 3 N–H and O–H groups in total. The van der Waals surface area contributed by atoms with Gasteiger partial charge in [0.25, 0.3) is 0 Å². The molecule has 3 aromatic rings. The molecule has 0 heterocycles. The zero-order valence-electron chi connectivity index (χ0n) is 15.9. The Morgan fingerprint density at radius 2 is 1.57 bits per heavy atom. The van der Waals surface area contributed by atoms with Gasteiger partial charge in [-0.1, -0.05) is 36.4 Å². The second-order valence-corrected chi connectivity index (χ2v) is 6.30. The number of rotatable bonds is 6. The molecule has 0 fully saturated rings. The van der Waals surface area contributed by atoms with Crippen LogP contribution >= 0.6 is 0 Å². The lowest BCUT2D eigenvalue weighted by Gasteiger charge is -2.16. The second kappa shape index (κ2) is 8.90. The molecule has 0 saturated carbocycles. The summed E-state index contributed by atoms with van der Waals surface area (Å²) in [6.45, 7) is 3.86. The smallest absolute Gasteiger partial charge is 0.411 e. The molecule has 0 aliphatic heterocycles. The summed E-state index contributed by atoms with van der Waals surface area (Å²) in [5.74, 6) is -0.134. The zero-order valence-corrected chi connectivity index (χ0v) is 15.9. The summed E-state index contributed by atoms with van der Waals surface area (Å²) < 4.78 is 4.84. The summed E-state index contributed by atoms with van der Waals surface area (Å²) in [5, 5.41) is 10.8. The number of hydrogen-bond donors (Lipinski definition) is 3. The maximum atomic E-state index is 12.6. The quantitative estimate of drug-likeness (QED) is 0.574. The first-order valence-corrected chi connectivity index (χ1v) is 9.16. The number of hydrogen-bond acceptors (Lipinski definition) is 4. The van der Waals surface area contributed by atoms with E-state index in [1.165, 1.54) is 0 Å². The minimum Gasteiger partial charge on any atom is -0.450 e. The predicted molar refractivity (Wildman–Crippen MR) is 113 cm³/mol. The van der Waals surface area contributed by atoms with Crippen molar-refractivity contribution in [1.29, 1.82) is 0 Å². The fourth-order valence-electron chi connectivity index (χ4n) is 2.83. The van der Waals surface area contributed by atoms with Gasteiger partial charge in [0.15, 0.2) is 0 Å². The Hall–Kier alpha value is -3.54. The Kier molecular flexibility index (Phi) is 6.11. The van der Waals surface area contributed by atoms with Gasteiger partial charge >= 0.3 is 6.09 Å². The number of ether oxygens (including phenoxy) is 1. The second-order valence-electron chi connectivity index (χ2n) is 6.30. The summed E-state index contributed by atoms with van der Waals surface area (Å²) in [6.07, 6.45) is -0.494. The number of nitrogens with one attached hydrogen (secondary N) is 3. The fraction of sp³-hybridized carbons (Fsp3) is 0.182. The Balaban J connectivity index is 1.61. The lowest BCUT2D eigenvalue weighted by Crippen LogP contribution is -2.31. The van der Waals surface area contributed by atoms with E-state index in [-0.39, 0.29) is 5.91 Å². The standard InChI is InChI=1S/C22H23N3O3/c1-3-28-22(27)24-18-13-11-17(12-14-18)23-15(2)21(26)25-20-10-6-8-16-7-4-5-9-19(16)20/h4-15,23H,3H2,1-2H3,(H,24,27)(H,25,26). The summed E-state index contributed by atoms with van der Waals surface area (Å²) in [6, 6.07) is 20.4. The highest BCUT2D eigenvalue weighted by atomic mass is 16.5. The molecule has 0 aromatic heterocycles.